The number of thiazole rings is 1. The number of carbonyl (C=O) groups excluding carboxylic acids is 2. The maximum Gasteiger partial charge on any atom is 0.231 e. The Kier molecular flexibility index (Phi) is 9.17. The maximum atomic E-state index is 12.4. The first-order valence-electron chi connectivity index (χ1n) is 8.22. The van der Waals surface area contributed by atoms with Crippen LogP contribution >= 0.6 is 47.5 Å². The van der Waals surface area contributed by atoms with Gasteiger partial charge in [0.2, 0.25) is 11.8 Å². The van der Waals surface area contributed by atoms with Gasteiger partial charge in [-0.25, -0.2) is 4.98 Å². The van der Waals surface area contributed by atoms with Gasteiger partial charge in [0.25, 0.3) is 0 Å². The van der Waals surface area contributed by atoms with Crippen LogP contribution in [-0.4, -0.2) is 41.3 Å². The largest absolute Gasteiger partial charge is 0.342 e. The van der Waals surface area contributed by atoms with Gasteiger partial charge in [-0.1, -0.05) is 13.0 Å². The fourth-order valence-electron chi connectivity index (χ4n) is 2.85. The maximum absolute atomic E-state index is 12.4. The van der Waals surface area contributed by atoms with Gasteiger partial charge in [0.05, 0.1) is 18.5 Å². The highest BCUT2D eigenvalue weighted by atomic mass is 35.5. The zero-order valence-electron chi connectivity index (χ0n) is 15.0. The number of carbonyl (C=O) groups is 2. The molecule has 0 radical (unpaired) electrons. The number of aromatic nitrogens is 1. The van der Waals surface area contributed by atoms with Crippen LogP contribution in [0.3, 0.4) is 0 Å². The Morgan fingerprint density at radius 2 is 2.11 bits per heavy atom. The molecule has 0 spiro atoms. The number of thiophene rings is 1. The Balaban J connectivity index is 0.00000182. The number of likely N-dealkylation sites (tertiary alicyclic amines) is 1. The molecule has 6 nitrogen and oxygen atoms in total. The molecule has 0 saturated carbocycles. The van der Waals surface area contributed by atoms with E-state index in [0.29, 0.717) is 30.3 Å². The molecule has 3 heterocycles. The second-order valence-corrected chi connectivity index (χ2v) is 8.60. The summed E-state index contributed by atoms with van der Waals surface area (Å²) in [4.78, 5) is 31.7. The van der Waals surface area contributed by atoms with Gasteiger partial charge >= 0.3 is 0 Å². The predicted octanol–water partition coefficient (Wildman–Crippen LogP) is 2.97. The predicted molar refractivity (Wildman–Crippen MR) is 115 cm³/mol. The summed E-state index contributed by atoms with van der Waals surface area (Å²) < 4.78 is 0. The summed E-state index contributed by atoms with van der Waals surface area (Å²) in [6.45, 7) is 4.16. The molecule has 1 aliphatic rings. The van der Waals surface area contributed by atoms with E-state index in [-0.39, 0.29) is 48.5 Å². The Bertz CT molecular complexity index is 754. The normalized spacial score (nSPS) is 18.5. The van der Waals surface area contributed by atoms with Crippen molar-refractivity contribution >= 4 is 64.4 Å². The van der Waals surface area contributed by atoms with E-state index in [0.717, 1.165) is 17.8 Å². The van der Waals surface area contributed by atoms with E-state index in [1.165, 1.54) is 11.3 Å². The van der Waals surface area contributed by atoms with Gasteiger partial charge < -0.3 is 16.0 Å². The number of rotatable bonds is 6. The molecule has 1 unspecified atom stereocenters. The summed E-state index contributed by atoms with van der Waals surface area (Å²) in [5, 5.41) is 7.12. The third kappa shape index (κ3) is 6.43. The molecule has 1 fully saturated rings. The summed E-state index contributed by atoms with van der Waals surface area (Å²) in [6, 6.07) is 3.86. The summed E-state index contributed by atoms with van der Waals surface area (Å²) >= 11 is 2.90. The lowest BCUT2D eigenvalue weighted by atomic mass is 9.90. The average molecular weight is 451 g/mol. The van der Waals surface area contributed by atoms with Gasteiger partial charge in [0, 0.05) is 23.3 Å². The SMILES string of the molecule is CC1(CN)CCN(C(=O)Cc2csc(NC(=O)Cc3cccs3)n2)C1.Cl.Cl. The van der Waals surface area contributed by atoms with E-state index >= 15 is 0 Å². The van der Waals surface area contributed by atoms with Gasteiger partial charge in [-0.2, -0.15) is 0 Å². The number of halogens is 2. The minimum Gasteiger partial charge on any atom is -0.342 e. The highest BCUT2D eigenvalue weighted by Crippen LogP contribution is 2.29. The fourth-order valence-corrected chi connectivity index (χ4v) is 4.28. The van der Waals surface area contributed by atoms with Gasteiger partial charge in [-0.15, -0.1) is 47.5 Å². The van der Waals surface area contributed by atoms with Crippen LogP contribution in [0.25, 0.3) is 0 Å². The first kappa shape index (κ1) is 23.8. The number of nitrogens with one attached hydrogen (secondary N) is 1. The smallest absolute Gasteiger partial charge is 0.231 e. The molecule has 1 aliphatic heterocycles. The van der Waals surface area contributed by atoms with Crippen LogP contribution in [0.4, 0.5) is 5.13 Å². The molecule has 27 heavy (non-hydrogen) atoms. The minimum absolute atomic E-state index is 0. The molecule has 0 aromatic carbocycles. The second-order valence-electron chi connectivity index (χ2n) is 6.71. The van der Waals surface area contributed by atoms with Gasteiger partial charge in [0.15, 0.2) is 5.13 Å². The zero-order chi connectivity index (χ0) is 17.9. The molecular weight excluding hydrogens is 427 g/mol. The Morgan fingerprint density at radius 1 is 1.33 bits per heavy atom. The lowest BCUT2D eigenvalue weighted by Crippen LogP contribution is -2.35. The lowest BCUT2D eigenvalue weighted by Gasteiger charge is -2.22. The summed E-state index contributed by atoms with van der Waals surface area (Å²) in [5.74, 6) is -0.0214. The fraction of sp³-hybridized carbons (Fsp3) is 0.471. The number of amides is 2. The van der Waals surface area contributed by atoms with E-state index in [1.807, 2.05) is 27.8 Å². The van der Waals surface area contributed by atoms with Crippen molar-refractivity contribution in [2.24, 2.45) is 11.1 Å². The summed E-state index contributed by atoms with van der Waals surface area (Å²) in [6.07, 6.45) is 1.55. The number of anilines is 1. The number of nitrogens with zero attached hydrogens (tertiary/aromatic N) is 2. The number of hydrogen-bond donors (Lipinski definition) is 2. The van der Waals surface area contributed by atoms with Crippen molar-refractivity contribution in [1.29, 1.82) is 0 Å². The number of nitrogens with two attached hydrogens (primary N) is 1. The Hall–Kier alpha value is -1.19. The molecule has 10 heteroatoms. The lowest BCUT2D eigenvalue weighted by molar-refractivity contribution is -0.129. The molecular formula is C17H24Cl2N4O2S2. The van der Waals surface area contributed by atoms with Gasteiger partial charge in [-0.05, 0) is 29.8 Å². The van der Waals surface area contributed by atoms with Crippen molar-refractivity contribution in [3.63, 3.8) is 0 Å². The van der Waals surface area contributed by atoms with Crippen molar-refractivity contribution in [1.82, 2.24) is 9.88 Å². The Labute approximate surface area is 179 Å². The van der Waals surface area contributed by atoms with Crippen molar-refractivity contribution in [3.05, 3.63) is 33.5 Å². The van der Waals surface area contributed by atoms with Crippen LogP contribution in [0, 0.1) is 5.41 Å². The van der Waals surface area contributed by atoms with E-state index in [2.05, 4.69) is 17.2 Å². The second kappa shape index (κ2) is 10.4. The van der Waals surface area contributed by atoms with E-state index in [1.54, 1.807) is 11.3 Å². The summed E-state index contributed by atoms with van der Waals surface area (Å²) in [5.41, 5.74) is 6.52. The third-order valence-corrected chi connectivity index (χ3v) is 6.13. The van der Waals surface area contributed by atoms with Crippen LogP contribution < -0.4 is 11.1 Å². The highest BCUT2D eigenvalue weighted by Gasteiger charge is 2.34. The van der Waals surface area contributed by atoms with Crippen LogP contribution in [0.1, 0.15) is 23.9 Å². The standard InChI is InChI=1S/C17H22N4O2S2.2ClH/c1-17(10-18)4-5-21(11-17)15(23)7-12-9-25-16(19-12)20-14(22)8-13-3-2-6-24-13;;/h2-3,6,9H,4-5,7-8,10-11,18H2,1H3,(H,19,20,22);2*1H. The highest BCUT2D eigenvalue weighted by molar-refractivity contribution is 7.14. The van der Waals surface area contributed by atoms with Crippen LogP contribution in [0.5, 0.6) is 0 Å². The molecule has 0 aliphatic carbocycles. The molecule has 2 aromatic heterocycles. The Morgan fingerprint density at radius 3 is 2.74 bits per heavy atom. The van der Waals surface area contributed by atoms with Crippen LogP contribution in [0.2, 0.25) is 0 Å². The molecule has 1 saturated heterocycles. The summed E-state index contributed by atoms with van der Waals surface area (Å²) in [7, 11) is 0. The average Bonchev–Trinajstić information content (AvgIpc) is 3.30. The molecule has 150 valence electrons. The minimum atomic E-state index is -0.0899. The van der Waals surface area contributed by atoms with E-state index < -0.39 is 0 Å². The zero-order valence-corrected chi connectivity index (χ0v) is 18.2. The molecule has 2 amide bonds. The molecule has 1 atom stereocenters. The molecule has 3 N–H and O–H groups in total. The van der Waals surface area contributed by atoms with Gasteiger partial charge in [0.1, 0.15) is 0 Å². The van der Waals surface area contributed by atoms with Crippen LogP contribution in [0.15, 0.2) is 22.9 Å². The monoisotopic (exact) mass is 450 g/mol. The van der Waals surface area contributed by atoms with Crippen molar-refractivity contribution in [2.75, 3.05) is 25.0 Å². The molecule has 3 rings (SSSR count). The van der Waals surface area contributed by atoms with Gasteiger partial charge in [-0.3, -0.25) is 9.59 Å². The van der Waals surface area contributed by atoms with Crippen LogP contribution in [-0.2, 0) is 22.4 Å². The van der Waals surface area contributed by atoms with Crippen molar-refractivity contribution < 1.29 is 9.59 Å². The quantitative estimate of drug-likeness (QED) is 0.707. The van der Waals surface area contributed by atoms with Crippen molar-refractivity contribution in [2.45, 2.75) is 26.2 Å². The van der Waals surface area contributed by atoms with E-state index in [4.69, 9.17) is 5.73 Å². The van der Waals surface area contributed by atoms with Crippen molar-refractivity contribution in [3.8, 4) is 0 Å². The number of hydrogen-bond acceptors (Lipinski definition) is 6. The molecule has 2 aromatic rings. The molecule has 0 bridgehead atoms. The van der Waals surface area contributed by atoms with E-state index in [9.17, 15) is 9.59 Å². The first-order valence-corrected chi connectivity index (χ1v) is 9.98. The topological polar surface area (TPSA) is 88.3 Å². The third-order valence-electron chi connectivity index (χ3n) is 4.45. The first-order chi connectivity index (χ1) is 12.0.